The lowest BCUT2D eigenvalue weighted by molar-refractivity contribution is 0.00473. The Balaban J connectivity index is 0.809. The zero-order valence-electron chi connectivity index (χ0n) is 39.8. The number of hydrogen-bond acceptors (Lipinski definition) is 20. The maximum absolute atomic E-state index is 11.4. The Morgan fingerprint density at radius 1 is 0.571 bits per heavy atom. The number of fused-ring (bicyclic) bond motifs is 2. The third-order valence-electron chi connectivity index (χ3n) is 14.0. The standard InChI is InChI=1S/C44H60N24O2/c1-5-33-57-61-67(59-33)30-12-11-29(17-30)65-23-49-35-39(53-43(55-41(35)65)45-15-13-27-19-63(3)21-47-27)51-25-7-9-26(10-8-25)52-40-36-42(56-44(54-40)46-16-14-28-20-64(4)22-48-28)66(24-50-36)31-18-32(38(70)37(31)69)68-60-34(6-2)58-62-68/h19-26,29-32,37-38,69-70H,5-18H2,1-4H3,(H2,45,51,53,55)(H2,46,52,54,56)/t25-,26-,29-,30+,31+,32-,37-,38+/m0/s1. The molecule has 6 N–H and O–H groups in total. The summed E-state index contributed by atoms with van der Waals surface area (Å²) in [5.74, 6) is 3.59. The van der Waals surface area contributed by atoms with Crippen LogP contribution in [0.3, 0.4) is 0 Å². The minimum Gasteiger partial charge on any atom is -0.388 e. The van der Waals surface area contributed by atoms with E-state index in [1.165, 1.54) is 4.80 Å². The van der Waals surface area contributed by atoms with Crippen LogP contribution in [0.1, 0.15) is 112 Å². The van der Waals surface area contributed by atoms with Gasteiger partial charge in [0.2, 0.25) is 11.9 Å². The third-order valence-corrected chi connectivity index (χ3v) is 14.0. The van der Waals surface area contributed by atoms with Crippen molar-refractivity contribution in [2.75, 3.05) is 34.4 Å². The molecule has 8 aromatic heterocycles. The largest absolute Gasteiger partial charge is 0.388 e. The molecule has 3 fully saturated rings. The van der Waals surface area contributed by atoms with E-state index in [1.54, 1.807) is 17.5 Å². The van der Waals surface area contributed by atoms with Crippen LogP contribution in [0.15, 0.2) is 37.7 Å². The first-order valence-electron chi connectivity index (χ1n) is 24.5. The van der Waals surface area contributed by atoms with E-state index in [4.69, 9.17) is 29.9 Å². The average molecular weight is 957 g/mol. The van der Waals surface area contributed by atoms with E-state index in [1.807, 2.05) is 66.7 Å². The smallest absolute Gasteiger partial charge is 0.226 e. The normalized spacial score (nSPS) is 23.7. The van der Waals surface area contributed by atoms with Gasteiger partial charge in [-0.3, -0.25) is 0 Å². The Hall–Kier alpha value is -7.22. The van der Waals surface area contributed by atoms with Gasteiger partial charge in [-0.2, -0.15) is 29.5 Å². The molecular weight excluding hydrogens is 897 g/mol. The van der Waals surface area contributed by atoms with E-state index < -0.39 is 24.3 Å². The van der Waals surface area contributed by atoms with Crippen molar-refractivity contribution in [1.29, 1.82) is 0 Å². The number of imidazole rings is 4. The van der Waals surface area contributed by atoms with E-state index in [2.05, 4.69) is 66.6 Å². The highest BCUT2D eigenvalue weighted by Gasteiger charge is 2.45. The number of aliphatic hydroxyl groups is 2. The predicted octanol–water partition coefficient (Wildman–Crippen LogP) is 2.55. The van der Waals surface area contributed by atoms with Crippen LogP contribution in [-0.2, 0) is 39.8 Å². The topological polar surface area (TPSA) is 299 Å². The van der Waals surface area contributed by atoms with Gasteiger partial charge < -0.3 is 49.7 Å². The van der Waals surface area contributed by atoms with Crippen LogP contribution < -0.4 is 21.3 Å². The number of aryl methyl sites for hydroxylation is 4. The molecule has 0 amide bonds. The van der Waals surface area contributed by atoms with Gasteiger partial charge in [-0.25, -0.2) is 19.9 Å². The van der Waals surface area contributed by atoms with Crippen molar-refractivity contribution in [2.45, 2.75) is 139 Å². The molecule has 0 aromatic carbocycles. The van der Waals surface area contributed by atoms with Crippen LogP contribution >= 0.6 is 0 Å². The van der Waals surface area contributed by atoms with Crippen molar-refractivity contribution in [3.8, 4) is 0 Å². The maximum atomic E-state index is 11.4. The van der Waals surface area contributed by atoms with Gasteiger partial charge in [-0.05, 0) is 61.8 Å². The summed E-state index contributed by atoms with van der Waals surface area (Å²) in [6.45, 7) is 5.15. The van der Waals surface area contributed by atoms with Crippen LogP contribution in [0.4, 0.5) is 23.5 Å². The molecule has 3 aliphatic rings. The highest BCUT2D eigenvalue weighted by molar-refractivity contribution is 5.85. The van der Waals surface area contributed by atoms with Gasteiger partial charge >= 0.3 is 0 Å². The predicted molar refractivity (Wildman–Crippen MR) is 256 cm³/mol. The number of tetrazole rings is 2. The van der Waals surface area contributed by atoms with Gasteiger partial charge in [0, 0.05) is 83.4 Å². The second-order valence-electron chi connectivity index (χ2n) is 18.9. The summed E-state index contributed by atoms with van der Waals surface area (Å²) in [4.78, 5) is 41.9. The molecule has 26 heteroatoms. The van der Waals surface area contributed by atoms with Crippen LogP contribution in [0, 0.1) is 0 Å². The third kappa shape index (κ3) is 9.18. The van der Waals surface area contributed by atoms with Crippen molar-refractivity contribution < 1.29 is 10.2 Å². The van der Waals surface area contributed by atoms with Crippen LogP contribution in [0.25, 0.3) is 22.3 Å². The number of nitrogens with one attached hydrogen (secondary N) is 4. The van der Waals surface area contributed by atoms with Gasteiger partial charge in [-0.15, -0.1) is 20.4 Å². The summed E-state index contributed by atoms with van der Waals surface area (Å²) in [5.41, 5.74) is 4.58. The van der Waals surface area contributed by atoms with Crippen LogP contribution in [0.2, 0.25) is 0 Å². The van der Waals surface area contributed by atoms with Gasteiger partial charge in [0.05, 0.1) is 48.8 Å². The molecule has 8 heterocycles. The van der Waals surface area contributed by atoms with Crippen molar-refractivity contribution in [3.05, 3.63) is 60.7 Å². The van der Waals surface area contributed by atoms with Gasteiger partial charge in [-0.1, -0.05) is 13.8 Å². The monoisotopic (exact) mass is 957 g/mol. The summed E-state index contributed by atoms with van der Waals surface area (Å²) in [5, 5.41) is 63.0. The maximum Gasteiger partial charge on any atom is 0.226 e. The number of anilines is 4. The van der Waals surface area contributed by atoms with Gasteiger partial charge in [0.1, 0.15) is 18.2 Å². The molecule has 26 nitrogen and oxygen atoms in total. The molecule has 70 heavy (non-hydrogen) atoms. The Bertz CT molecular complexity index is 3050. The summed E-state index contributed by atoms with van der Waals surface area (Å²) in [6, 6.07) is -0.571. The van der Waals surface area contributed by atoms with E-state index in [0.717, 1.165) is 86.2 Å². The number of rotatable bonds is 18. The Labute approximate surface area is 402 Å². The molecule has 11 rings (SSSR count). The molecule has 6 atom stereocenters. The Kier molecular flexibility index (Phi) is 12.5. The van der Waals surface area contributed by atoms with Gasteiger partial charge in [0.25, 0.3) is 0 Å². The molecule has 0 saturated heterocycles. The van der Waals surface area contributed by atoms with Crippen LogP contribution in [-0.4, -0.2) is 146 Å². The fraction of sp³-hybridized carbons (Fsp3) is 0.591. The quantitative estimate of drug-likeness (QED) is 0.0720. The highest BCUT2D eigenvalue weighted by Crippen LogP contribution is 2.41. The zero-order chi connectivity index (χ0) is 47.9. The van der Waals surface area contributed by atoms with E-state index in [0.29, 0.717) is 72.9 Å². The van der Waals surface area contributed by atoms with Crippen molar-refractivity contribution in [1.82, 2.24) is 98.6 Å². The molecule has 0 spiro atoms. The molecule has 0 radical (unpaired) electrons. The average Bonchev–Trinajstić information content (AvgIpc) is 4.22. The lowest BCUT2D eigenvalue weighted by Gasteiger charge is -2.30. The fourth-order valence-electron chi connectivity index (χ4n) is 10.2. The second-order valence-corrected chi connectivity index (χ2v) is 18.9. The first-order valence-corrected chi connectivity index (χ1v) is 24.5. The molecule has 8 aromatic rings. The first kappa shape index (κ1) is 45.2. The molecule has 368 valence electrons. The number of aliphatic hydroxyl groups excluding tert-OH is 2. The lowest BCUT2D eigenvalue weighted by Crippen LogP contribution is -2.33. The van der Waals surface area contributed by atoms with Crippen LogP contribution in [0.5, 0.6) is 0 Å². The number of hydrogen-bond donors (Lipinski definition) is 6. The molecule has 3 saturated carbocycles. The molecule has 0 bridgehead atoms. The first-order chi connectivity index (χ1) is 34.2. The summed E-state index contributed by atoms with van der Waals surface area (Å²) in [6.07, 6.45) is 18.2. The van der Waals surface area contributed by atoms with E-state index in [-0.39, 0.29) is 24.2 Å². The molecule has 0 aliphatic heterocycles. The summed E-state index contributed by atoms with van der Waals surface area (Å²) < 4.78 is 7.90. The number of aromatic nitrogens is 20. The Morgan fingerprint density at radius 2 is 1.09 bits per heavy atom. The second kappa shape index (κ2) is 19.3. The minimum atomic E-state index is -1.12. The van der Waals surface area contributed by atoms with E-state index >= 15 is 0 Å². The van der Waals surface area contributed by atoms with E-state index in [9.17, 15) is 10.2 Å². The SMILES string of the molecule is CCc1nnn([C@@H]2CC[C@H](n3cnc4c(N[C@H]5CC[C@H](Nc6nc(NCCc7cn(C)cn7)nc7c6ncn7[C@@H]6C[C@H](n7nnc(CC)n7)[C@@H](O)[C@H]6O)CC5)nc(NCCc5cn(C)cn5)nc43)C2)n1. The lowest BCUT2D eigenvalue weighted by atomic mass is 9.91. The molecule has 3 aliphatic carbocycles. The molecular formula is C44H60N24O2. The number of nitrogens with zero attached hydrogens (tertiary/aromatic N) is 20. The van der Waals surface area contributed by atoms with Crippen molar-refractivity contribution in [3.63, 3.8) is 0 Å². The summed E-state index contributed by atoms with van der Waals surface area (Å²) >= 11 is 0. The molecule has 0 unspecified atom stereocenters. The Morgan fingerprint density at radius 3 is 1.63 bits per heavy atom. The minimum absolute atomic E-state index is 0.0914. The van der Waals surface area contributed by atoms with Crippen molar-refractivity contribution in [2.24, 2.45) is 14.1 Å². The summed E-state index contributed by atoms with van der Waals surface area (Å²) in [7, 11) is 3.92. The van der Waals surface area contributed by atoms with Crippen molar-refractivity contribution >= 4 is 45.9 Å². The van der Waals surface area contributed by atoms with Gasteiger partial charge in [0.15, 0.2) is 45.6 Å². The zero-order valence-corrected chi connectivity index (χ0v) is 39.8. The highest BCUT2D eigenvalue weighted by atomic mass is 16.3. The fourth-order valence-corrected chi connectivity index (χ4v) is 10.2.